The molecule has 1 rings (SSSR count). The van der Waals surface area contributed by atoms with E-state index in [4.69, 9.17) is 0 Å². The Morgan fingerprint density at radius 2 is 2.25 bits per heavy atom. The topological polar surface area (TPSA) is 40.5 Å². The van der Waals surface area contributed by atoms with Gasteiger partial charge in [-0.05, 0) is 23.7 Å². The Morgan fingerprint density at radius 1 is 1.58 bits per heavy atom. The summed E-state index contributed by atoms with van der Waals surface area (Å²) in [6.07, 6.45) is 2.91. The molecule has 3 atom stereocenters. The Kier molecular flexibility index (Phi) is 3.45. The number of aliphatic hydroxyl groups is 2. The lowest BCUT2D eigenvalue weighted by molar-refractivity contribution is 0.0862. The monoisotopic (exact) mass is 186 g/mol. The van der Waals surface area contributed by atoms with E-state index in [1.54, 1.807) is 0 Å². The molecule has 1 fully saturated rings. The summed E-state index contributed by atoms with van der Waals surface area (Å²) in [4.78, 5) is 0. The molecule has 1 aliphatic carbocycles. The molecule has 0 radical (unpaired) electrons. The lowest BCUT2D eigenvalue weighted by Gasteiger charge is -2.26. The fourth-order valence-corrected chi connectivity index (χ4v) is 1.72. The van der Waals surface area contributed by atoms with Crippen LogP contribution in [0.15, 0.2) is 23.8 Å². The van der Waals surface area contributed by atoms with Crippen LogP contribution in [0.25, 0.3) is 0 Å². The number of allylic oxidation sites excluding steroid dienone is 1. The van der Waals surface area contributed by atoms with E-state index in [0.29, 0.717) is 12.8 Å². The van der Waals surface area contributed by atoms with Crippen LogP contribution < -0.4 is 0 Å². The summed E-state index contributed by atoms with van der Waals surface area (Å²) >= 11 is 0. The van der Waals surface area contributed by atoms with Gasteiger partial charge in [-0.1, -0.05) is 12.7 Å². The van der Waals surface area contributed by atoms with Crippen molar-refractivity contribution in [1.82, 2.24) is 0 Å². The first kappa shape index (κ1) is 9.91. The van der Waals surface area contributed by atoms with Crippen molar-refractivity contribution in [3.05, 3.63) is 23.8 Å². The van der Waals surface area contributed by atoms with E-state index in [1.807, 2.05) is 6.08 Å². The van der Waals surface area contributed by atoms with Crippen LogP contribution in [0.2, 0.25) is 0 Å². The van der Waals surface area contributed by atoms with Crippen molar-refractivity contribution in [2.75, 3.05) is 6.16 Å². The largest absolute Gasteiger partial charge is 0.393 e. The molecule has 0 saturated heterocycles. The van der Waals surface area contributed by atoms with Gasteiger partial charge >= 0.3 is 0 Å². The Bertz CT molecular complexity index is 211. The standard InChI is InChI=1S/C9H15O2P/c1-6-7(2-3-12)4-8(10)5-9(6)11/h2,8-11H,1,3-5,12H2/b7-2-/t8?,9-/m0/s1. The van der Waals surface area contributed by atoms with Gasteiger partial charge in [0.1, 0.15) is 0 Å². The third-order valence-electron chi connectivity index (χ3n) is 2.13. The molecule has 0 aromatic carbocycles. The van der Waals surface area contributed by atoms with Crippen molar-refractivity contribution in [1.29, 1.82) is 0 Å². The van der Waals surface area contributed by atoms with Crippen molar-refractivity contribution in [2.24, 2.45) is 0 Å². The molecule has 2 nitrogen and oxygen atoms in total. The van der Waals surface area contributed by atoms with Crippen LogP contribution >= 0.6 is 9.24 Å². The zero-order valence-corrected chi connectivity index (χ0v) is 8.19. The molecule has 0 aliphatic heterocycles. The molecule has 2 N–H and O–H groups in total. The lowest BCUT2D eigenvalue weighted by Crippen LogP contribution is -2.27. The van der Waals surface area contributed by atoms with Gasteiger partial charge in [-0.15, -0.1) is 9.24 Å². The smallest absolute Gasteiger partial charge is 0.0811 e. The van der Waals surface area contributed by atoms with E-state index >= 15 is 0 Å². The molecule has 0 aromatic rings. The van der Waals surface area contributed by atoms with Crippen LogP contribution in [-0.2, 0) is 0 Å². The first-order valence-corrected chi connectivity index (χ1v) is 4.91. The van der Waals surface area contributed by atoms with E-state index < -0.39 is 12.2 Å². The average molecular weight is 186 g/mol. The second-order valence-corrected chi connectivity index (χ2v) is 3.57. The van der Waals surface area contributed by atoms with Crippen LogP contribution in [0, 0.1) is 0 Å². The van der Waals surface area contributed by atoms with Crippen LogP contribution in [0.4, 0.5) is 0 Å². The van der Waals surface area contributed by atoms with Gasteiger partial charge in [0.05, 0.1) is 12.2 Å². The molecule has 1 aliphatic rings. The zero-order valence-electron chi connectivity index (χ0n) is 7.03. The van der Waals surface area contributed by atoms with Crippen molar-refractivity contribution in [3.63, 3.8) is 0 Å². The highest BCUT2D eigenvalue weighted by molar-refractivity contribution is 7.16. The molecular weight excluding hydrogens is 171 g/mol. The fraction of sp³-hybridized carbons (Fsp3) is 0.556. The molecule has 2 unspecified atom stereocenters. The summed E-state index contributed by atoms with van der Waals surface area (Å²) in [6.45, 7) is 3.79. The first-order valence-electron chi connectivity index (χ1n) is 4.09. The third kappa shape index (κ3) is 2.16. The minimum atomic E-state index is -0.559. The van der Waals surface area contributed by atoms with Crippen molar-refractivity contribution in [2.45, 2.75) is 25.0 Å². The maximum atomic E-state index is 9.44. The highest BCUT2D eigenvalue weighted by Gasteiger charge is 2.24. The fourth-order valence-electron chi connectivity index (χ4n) is 1.44. The van der Waals surface area contributed by atoms with Gasteiger partial charge < -0.3 is 10.2 Å². The Labute approximate surface area is 75.2 Å². The predicted molar refractivity (Wildman–Crippen MR) is 53.0 cm³/mol. The first-order chi connectivity index (χ1) is 5.65. The summed E-state index contributed by atoms with van der Waals surface area (Å²) in [6, 6.07) is 0. The summed E-state index contributed by atoms with van der Waals surface area (Å²) < 4.78 is 0. The van der Waals surface area contributed by atoms with Gasteiger partial charge in [0.2, 0.25) is 0 Å². The maximum absolute atomic E-state index is 9.44. The van der Waals surface area contributed by atoms with Crippen molar-refractivity contribution >= 4 is 9.24 Å². The SMILES string of the molecule is C=C1/C(=C\CP)CC(O)C[C@@H]1O. The van der Waals surface area contributed by atoms with E-state index in [2.05, 4.69) is 15.8 Å². The van der Waals surface area contributed by atoms with Gasteiger partial charge in [0, 0.05) is 6.42 Å². The highest BCUT2D eigenvalue weighted by atomic mass is 31.0. The summed E-state index contributed by atoms with van der Waals surface area (Å²) in [5.41, 5.74) is 1.76. The molecule has 3 heteroatoms. The lowest BCUT2D eigenvalue weighted by atomic mass is 9.86. The minimum Gasteiger partial charge on any atom is -0.393 e. The molecule has 0 aromatic heterocycles. The quantitative estimate of drug-likeness (QED) is 0.596. The van der Waals surface area contributed by atoms with Crippen LogP contribution in [-0.4, -0.2) is 28.6 Å². The second-order valence-electron chi connectivity index (χ2n) is 3.10. The van der Waals surface area contributed by atoms with Crippen LogP contribution in [0.1, 0.15) is 12.8 Å². The van der Waals surface area contributed by atoms with Gasteiger partial charge in [0.25, 0.3) is 0 Å². The van der Waals surface area contributed by atoms with Gasteiger partial charge in [-0.3, -0.25) is 0 Å². The molecule has 68 valence electrons. The van der Waals surface area contributed by atoms with Crippen LogP contribution in [0.3, 0.4) is 0 Å². The molecule has 0 bridgehead atoms. The van der Waals surface area contributed by atoms with Gasteiger partial charge in [0.15, 0.2) is 0 Å². The molecule has 1 saturated carbocycles. The minimum absolute atomic E-state index is 0.409. The average Bonchev–Trinajstić information content (AvgIpc) is 2.00. The zero-order chi connectivity index (χ0) is 9.14. The van der Waals surface area contributed by atoms with Crippen molar-refractivity contribution < 1.29 is 10.2 Å². The normalized spacial score (nSPS) is 34.2. The number of hydrogen-bond acceptors (Lipinski definition) is 2. The second kappa shape index (κ2) is 4.18. The Balaban J connectivity index is 2.73. The van der Waals surface area contributed by atoms with Crippen LogP contribution in [0.5, 0.6) is 0 Å². The van der Waals surface area contributed by atoms with E-state index in [-0.39, 0.29) is 0 Å². The molecule has 12 heavy (non-hydrogen) atoms. The number of aliphatic hydroxyl groups excluding tert-OH is 2. The Morgan fingerprint density at radius 3 is 2.83 bits per heavy atom. The Hall–Kier alpha value is -0.170. The molecule has 0 heterocycles. The predicted octanol–water partition coefficient (Wildman–Crippen LogP) is 0.860. The van der Waals surface area contributed by atoms with E-state index in [0.717, 1.165) is 17.3 Å². The maximum Gasteiger partial charge on any atom is 0.0811 e. The summed E-state index contributed by atoms with van der Waals surface area (Å²) in [7, 11) is 2.58. The van der Waals surface area contributed by atoms with Gasteiger partial charge in [-0.2, -0.15) is 0 Å². The molecule has 0 amide bonds. The number of hydrogen-bond donors (Lipinski definition) is 2. The van der Waals surface area contributed by atoms with Crippen molar-refractivity contribution in [3.8, 4) is 0 Å². The van der Waals surface area contributed by atoms with Gasteiger partial charge in [-0.25, -0.2) is 0 Å². The molecule has 0 spiro atoms. The summed E-state index contributed by atoms with van der Waals surface area (Å²) in [5.74, 6) is 0. The third-order valence-corrected chi connectivity index (χ3v) is 2.37. The summed E-state index contributed by atoms with van der Waals surface area (Å²) in [5, 5.41) is 18.8. The number of rotatable bonds is 1. The van der Waals surface area contributed by atoms with E-state index in [1.165, 1.54) is 0 Å². The van der Waals surface area contributed by atoms with E-state index in [9.17, 15) is 10.2 Å². The molecular formula is C9H15O2P. The highest BCUT2D eigenvalue weighted by Crippen LogP contribution is 2.28.